The van der Waals surface area contributed by atoms with Gasteiger partial charge in [0.15, 0.2) is 23.8 Å². The first kappa shape index (κ1) is 25.3. The van der Waals surface area contributed by atoms with E-state index < -0.39 is 0 Å². The van der Waals surface area contributed by atoms with Crippen LogP contribution in [0.1, 0.15) is 12.0 Å². The molecule has 39 heavy (non-hydrogen) atoms. The smallest absolute Gasteiger partial charge is 0.257 e. The molecule has 2 aromatic heterocycles. The molecular formula is C28H29ClN6O4. The summed E-state index contributed by atoms with van der Waals surface area (Å²) in [4.78, 5) is 24.0. The van der Waals surface area contributed by atoms with Crippen LogP contribution in [-0.2, 0) is 11.2 Å². The van der Waals surface area contributed by atoms with Crippen molar-refractivity contribution in [2.24, 2.45) is 5.92 Å². The predicted molar refractivity (Wildman–Crippen MR) is 149 cm³/mol. The third-order valence-corrected chi connectivity index (χ3v) is 7.41. The van der Waals surface area contributed by atoms with Gasteiger partial charge in [-0.3, -0.25) is 4.79 Å². The van der Waals surface area contributed by atoms with Crippen molar-refractivity contribution < 1.29 is 19.0 Å². The molecule has 4 aromatic rings. The summed E-state index contributed by atoms with van der Waals surface area (Å²) in [6, 6.07) is 13.7. The van der Waals surface area contributed by atoms with Gasteiger partial charge in [0.05, 0.1) is 16.9 Å². The molecule has 202 valence electrons. The largest absolute Gasteiger partial charge is 0.484 e. The van der Waals surface area contributed by atoms with E-state index in [1.54, 1.807) is 25.4 Å². The number of imidazole rings is 1. The standard InChI is InChI=1S/C28H29ClN6O4/c1-30-24(36)14-37-19-5-3-17(4-6-19)27-34-26-25(20(29)13-32-28(26)35-27)33-21-8-9-31-12-18(21)10-16-2-7-22-23(11-16)39-15-38-22/h2-7,11,13,18,21,31H,8-10,12,14-15H2,1H3,(H,30,36)(H2,32,33,34,35). The van der Waals surface area contributed by atoms with E-state index in [4.69, 9.17) is 30.8 Å². The van der Waals surface area contributed by atoms with Crippen molar-refractivity contribution in [2.75, 3.05) is 38.9 Å². The zero-order valence-corrected chi connectivity index (χ0v) is 22.2. The molecule has 2 unspecified atom stereocenters. The molecule has 0 radical (unpaired) electrons. The van der Waals surface area contributed by atoms with Crippen molar-refractivity contribution in [3.05, 3.63) is 59.2 Å². The summed E-state index contributed by atoms with van der Waals surface area (Å²) in [6.45, 7) is 2.04. The Kier molecular flexibility index (Phi) is 7.12. The van der Waals surface area contributed by atoms with Gasteiger partial charge in [0.2, 0.25) is 6.79 Å². The molecule has 2 aromatic carbocycles. The number of aromatic amines is 1. The van der Waals surface area contributed by atoms with Gasteiger partial charge >= 0.3 is 0 Å². The number of halogens is 1. The highest BCUT2D eigenvalue weighted by Crippen LogP contribution is 2.35. The topological polar surface area (TPSA) is 122 Å². The molecule has 0 spiro atoms. The zero-order valence-electron chi connectivity index (χ0n) is 21.4. The second kappa shape index (κ2) is 11.0. The summed E-state index contributed by atoms with van der Waals surface area (Å²) in [5, 5.41) is 10.3. The number of pyridine rings is 1. The average Bonchev–Trinajstić information content (AvgIpc) is 3.61. The quantitative estimate of drug-likeness (QED) is 0.262. The van der Waals surface area contributed by atoms with Crippen LogP contribution in [0.15, 0.2) is 48.7 Å². The molecule has 0 bridgehead atoms. The van der Waals surface area contributed by atoms with Crippen LogP contribution in [0, 0.1) is 5.92 Å². The Balaban J connectivity index is 1.22. The second-order valence-corrected chi connectivity index (χ2v) is 10.1. The predicted octanol–water partition coefficient (Wildman–Crippen LogP) is 3.76. The average molecular weight is 549 g/mol. The number of aromatic nitrogens is 3. The maximum atomic E-state index is 11.4. The van der Waals surface area contributed by atoms with Crippen LogP contribution in [0.5, 0.6) is 17.2 Å². The zero-order chi connectivity index (χ0) is 26.8. The van der Waals surface area contributed by atoms with Crippen LogP contribution in [0.25, 0.3) is 22.6 Å². The number of nitrogens with one attached hydrogen (secondary N) is 4. The Morgan fingerprint density at radius 1 is 1.18 bits per heavy atom. The van der Waals surface area contributed by atoms with Crippen molar-refractivity contribution >= 4 is 34.4 Å². The first-order valence-corrected chi connectivity index (χ1v) is 13.3. The lowest BCUT2D eigenvalue weighted by molar-refractivity contribution is -0.122. The second-order valence-electron chi connectivity index (χ2n) is 9.65. The number of ether oxygens (including phenoxy) is 3. The summed E-state index contributed by atoms with van der Waals surface area (Å²) in [6.07, 6.45) is 3.48. The van der Waals surface area contributed by atoms with E-state index in [9.17, 15) is 4.79 Å². The van der Waals surface area contributed by atoms with Crippen molar-refractivity contribution in [3.8, 4) is 28.6 Å². The molecular weight excluding hydrogens is 520 g/mol. The number of piperidine rings is 1. The van der Waals surface area contributed by atoms with Crippen LogP contribution >= 0.6 is 11.6 Å². The van der Waals surface area contributed by atoms with Crippen LogP contribution in [0.2, 0.25) is 5.02 Å². The van der Waals surface area contributed by atoms with Gasteiger partial charge in [-0.15, -0.1) is 0 Å². The molecule has 0 aliphatic carbocycles. The Labute approximate surface area is 230 Å². The number of anilines is 1. The molecule has 1 fully saturated rings. The van der Waals surface area contributed by atoms with Gasteiger partial charge in [-0.25, -0.2) is 9.97 Å². The molecule has 10 nitrogen and oxygen atoms in total. The summed E-state index contributed by atoms with van der Waals surface area (Å²) in [7, 11) is 1.57. The van der Waals surface area contributed by atoms with Gasteiger partial charge < -0.3 is 35.1 Å². The van der Waals surface area contributed by atoms with Crippen molar-refractivity contribution in [2.45, 2.75) is 18.9 Å². The van der Waals surface area contributed by atoms with Crippen molar-refractivity contribution in [1.29, 1.82) is 0 Å². The van der Waals surface area contributed by atoms with Crippen LogP contribution in [0.3, 0.4) is 0 Å². The fourth-order valence-electron chi connectivity index (χ4n) is 5.02. The van der Waals surface area contributed by atoms with Gasteiger partial charge in [0.25, 0.3) is 5.91 Å². The lowest BCUT2D eigenvalue weighted by atomic mass is 9.87. The van der Waals surface area contributed by atoms with E-state index in [0.29, 0.717) is 28.2 Å². The molecule has 1 amide bonds. The molecule has 1 saturated heterocycles. The molecule has 2 aliphatic heterocycles. The van der Waals surface area contributed by atoms with E-state index in [-0.39, 0.29) is 25.3 Å². The molecule has 4 N–H and O–H groups in total. The van der Waals surface area contributed by atoms with Gasteiger partial charge in [0.1, 0.15) is 17.1 Å². The Morgan fingerprint density at radius 3 is 2.87 bits per heavy atom. The number of likely N-dealkylation sites (N-methyl/N-ethyl adjacent to an activating group) is 1. The fraction of sp³-hybridized carbons (Fsp3) is 0.321. The number of nitrogens with zero attached hydrogens (tertiary/aromatic N) is 2. The maximum absolute atomic E-state index is 11.4. The molecule has 6 rings (SSSR count). The number of carbonyl (C=O) groups is 1. The SMILES string of the molecule is CNC(=O)COc1ccc(-c2nc3ncc(Cl)c(NC4CCNCC4Cc4ccc5c(c4)OCO5)c3[nH]2)cc1. The Hall–Kier alpha value is -4.02. The summed E-state index contributed by atoms with van der Waals surface area (Å²) in [5.41, 5.74) is 4.21. The number of benzene rings is 2. The highest BCUT2D eigenvalue weighted by Gasteiger charge is 2.28. The summed E-state index contributed by atoms with van der Waals surface area (Å²) >= 11 is 6.67. The maximum Gasteiger partial charge on any atom is 0.257 e. The van der Waals surface area contributed by atoms with E-state index >= 15 is 0 Å². The molecule has 0 saturated carbocycles. The summed E-state index contributed by atoms with van der Waals surface area (Å²) < 4.78 is 16.5. The van der Waals surface area contributed by atoms with E-state index in [1.807, 2.05) is 18.2 Å². The lowest BCUT2D eigenvalue weighted by Crippen LogP contribution is -2.45. The minimum Gasteiger partial charge on any atom is -0.484 e. The lowest BCUT2D eigenvalue weighted by Gasteiger charge is -2.34. The Morgan fingerprint density at radius 2 is 2.03 bits per heavy atom. The monoisotopic (exact) mass is 548 g/mol. The number of hydrogen-bond donors (Lipinski definition) is 4. The highest BCUT2D eigenvalue weighted by atomic mass is 35.5. The number of carbonyl (C=O) groups excluding carboxylic acids is 1. The van der Waals surface area contributed by atoms with Crippen LogP contribution in [0.4, 0.5) is 5.69 Å². The van der Waals surface area contributed by atoms with Crippen LogP contribution in [-0.4, -0.2) is 60.4 Å². The molecule has 2 atom stereocenters. The number of amides is 1. The summed E-state index contributed by atoms with van der Waals surface area (Å²) in [5.74, 6) is 3.01. The van der Waals surface area contributed by atoms with E-state index in [0.717, 1.165) is 54.2 Å². The molecule has 2 aliphatic rings. The third-order valence-electron chi connectivity index (χ3n) is 7.12. The van der Waals surface area contributed by atoms with Gasteiger partial charge in [0, 0.05) is 25.2 Å². The number of H-pyrrole nitrogens is 1. The van der Waals surface area contributed by atoms with E-state index in [2.05, 4.69) is 38.1 Å². The van der Waals surface area contributed by atoms with Gasteiger partial charge in [-0.2, -0.15) is 0 Å². The first-order valence-electron chi connectivity index (χ1n) is 12.9. The highest BCUT2D eigenvalue weighted by molar-refractivity contribution is 6.34. The number of fused-ring (bicyclic) bond motifs is 2. The minimum absolute atomic E-state index is 0.0374. The fourth-order valence-corrected chi connectivity index (χ4v) is 5.22. The van der Waals surface area contributed by atoms with E-state index in [1.165, 1.54) is 5.56 Å². The van der Waals surface area contributed by atoms with Gasteiger partial charge in [-0.05, 0) is 67.3 Å². The third kappa shape index (κ3) is 5.43. The molecule has 4 heterocycles. The molecule has 11 heteroatoms. The first-order chi connectivity index (χ1) is 19.1. The Bertz CT molecular complexity index is 1490. The van der Waals surface area contributed by atoms with Crippen LogP contribution < -0.4 is 30.2 Å². The normalized spacial score (nSPS) is 18.2. The number of rotatable bonds is 8. The van der Waals surface area contributed by atoms with Crippen molar-refractivity contribution in [3.63, 3.8) is 0 Å². The minimum atomic E-state index is -0.189. The number of hydrogen-bond acceptors (Lipinski definition) is 8. The van der Waals surface area contributed by atoms with Crippen molar-refractivity contribution in [1.82, 2.24) is 25.6 Å². The van der Waals surface area contributed by atoms with Gasteiger partial charge in [-0.1, -0.05) is 17.7 Å².